The second-order valence-corrected chi connectivity index (χ2v) is 18.4. The molecule has 4 rings (SSSR count). The number of nitrogens with two attached hydrogens (primary N) is 3. The lowest BCUT2D eigenvalue weighted by Crippen LogP contribution is -2.60. The van der Waals surface area contributed by atoms with Crippen molar-refractivity contribution >= 4 is 76.0 Å². The number of carbonyl (C=O) groups excluding carboxylic acids is 9. The summed E-state index contributed by atoms with van der Waals surface area (Å²) in [4.78, 5) is 128. The van der Waals surface area contributed by atoms with Gasteiger partial charge in [0.1, 0.15) is 42.3 Å². The molecular formula is C50H74N16O9. The second kappa shape index (κ2) is 30.7. The molecule has 408 valence electrons. The highest BCUT2D eigenvalue weighted by Gasteiger charge is 2.35. The Morgan fingerprint density at radius 1 is 0.693 bits per heavy atom. The zero-order valence-electron chi connectivity index (χ0n) is 42.5. The van der Waals surface area contributed by atoms with Crippen molar-refractivity contribution in [3.8, 4) is 0 Å². The molecule has 0 aliphatic carbocycles. The van der Waals surface area contributed by atoms with Crippen LogP contribution in [0.3, 0.4) is 0 Å². The summed E-state index contributed by atoms with van der Waals surface area (Å²) >= 11 is 0. The molecule has 0 spiro atoms. The third kappa shape index (κ3) is 20.7. The molecule has 25 nitrogen and oxygen atoms in total. The average Bonchev–Trinajstić information content (AvgIpc) is 3.77. The number of para-hydroxylation sites is 1. The lowest BCUT2D eigenvalue weighted by Gasteiger charge is -2.28. The first kappa shape index (κ1) is 59.3. The number of aromatic amines is 1. The van der Waals surface area contributed by atoms with E-state index >= 15 is 0 Å². The fourth-order valence-electron chi connectivity index (χ4n) is 8.39. The topological polar surface area (TPSA) is 415 Å². The van der Waals surface area contributed by atoms with Crippen LogP contribution in [-0.4, -0.2) is 132 Å². The van der Waals surface area contributed by atoms with Crippen molar-refractivity contribution in [2.75, 3.05) is 19.6 Å². The summed E-state index contributed by atoms with van der Waals surface area (Å²) in [6, 6.07) is 6.72. The molecule has 3 aromatic rings. The Hall–Kier alpha value is -8.25. The van der Waals surface area contributed by atoms with E-state index in [1.165, 1.54) is 6.92 Å². The third-order valence-corrected chi connectivity index (χ3v) is 12.3. The number of carbonyl (C=O) groups is 9. The van der Waals surface area contributed by atoms with Crippen LogP contribution in [0.1, 0.15) is 95.6 Å². The number of hydrogen-bond donors (Lipinski definition) is 16. The highest BCUT2D eigenvalue weighted by molar-refractivity contribution is 5.99. The van der Waals surface area contributed by atoms with Crippen LogP contribution >= 0.6 is 0 Å². The van der Waals surface area contributed by atoms with Crippen LogP contribution in [0.4, 0.5) is 0 Å². The van der Waals surface area contributed by atoms with E-state index in [2.05, 4.69) is 58.2 Å². The number of aromatic nitrogens is 1. The summed E-state index contributed by atoms with van der Waals surface area (Å²) in [5.41, 5.74) is 18.7. The molecule has 0 bridgehead atoms. The van der Waals surface area contributed by atoms with Gasteiger partial charge in [-0.1, -0.05) is 68.3 Å². The van der Waals surface area contributed by atoms with E-state index in [1.54, 1.807) is 36.5 Å². The van der Waals surface area contributed by atoms with Crippen LogP contribution in [0.2, 0.25) is 0 Å². The number of primary amides is 1. The third-order valence-electron chi connectivity index (χ3n) is 12.3. The highest BCUT2D eigenvalue weighted by atomic mass is 16.2. The summed E-state index contributed by atoms with van der Waals surface area (Å²) in [6.07, 6.45) is 3.04. The van der Waals surface area contributed by atoms with Gasteiger partial charge in [0.25, 0.3) is 0 Å². The van der Waals surface area contributed by atoms with Crippen molar-refractivity contribution < 1.29 is 43.2 Å². The zero-order valence-corrected chi connectivity index (χ0v) is 42.5. The van der Waals surface area contributed by atoms with Gasteiger partial charge in [0, 0.05) is 56.5 Å². The first-order valence-corrected chi connectivity index (χ1v) is 25.2. The van der Waals surface area contributed by atoms with Gasteiger partial charge >= 0.3 is 0 Å². The van der Waals surface area contributed by atoms with Crippen LogP contribution in [0, 0.1) is 10.8 Å². The molecule has 2 heterocycles. The van der Waals surface area contributed by atoms with E-state index in [0.717, 1.165) is 10.9 Å². The van der Waals surface area contributed by atoms with Crippen LogP contribution < -0.4 is 70.4 Å². The van der Waals surface area contributed by atoms with Gasteiger partial charge in [-0.3, -0.25) is 54.0 Å². The quantitative estimate of drug-likeness (QED) is 0.0361. The van der Waals surface area contributed by atoms with Gasteiger partial charge < -0.3 is 75.4 Å². The van der Waals surface area contributed by atoms with Crippen molar-refractivity contribution in [2.45, 2.75) is 140 Å². The molecule has 1 aliphatic heterocycles. The standard InChI is InChI=1S/C50H74N16O9/c1-3-4-17-36-44(71)64-38(25-30-14-6-5-7-15-30)46(73)63-37(21-13-24-58-50(54)55)45(72)65-39(26-31-28-59-33-18-9-8-16-32(31)33)47(74)61-34(42(51)69)19-10-11-22-56-41(68)27-40(48(75)62-36)66-43(70)35(60-29(2)67)20-12-23-57-49(52)53/h5-9,14-16,18,28,34-40,59H,3-4,10-13,17,19-27H2,1-2H3,(H2,51,69)(H,56,68)(H,60,67)(H,61,74)(H,62,75)(H,63,73)(H,64,71)(H,65,72)(H,66,70)(H4,52,53,57)(H4,54,55,58)/t34?,35-,36-,37-,38+,39-,40-/m0/s1. The average molecular weight is 1040 g/mol. The molecule has 1 aliphatic rings. The Morgan fingerprint density at radius 3 is 1.91 bits per heavy atom. The van der Waals surface area contributed by atoms with Gasteiger partial charge in [-0.2, -0.15) is 0 Å². The van der Waals surface area contributed by atoms with Crippen LogP contribution in [0.15, 0.2) is 60.8 Å². The summed E-state index contributed by atoms with van der Waals surface area (Å²) in [5.74, 6) is -7.57. The first-order valence-electron chi connectivity index (χ1n) is 25.2. The maximum absolute atomic E-state index is 14.6. The largest absolute Gasteiger partial charge is 0.370 e. The number of fused-ring (bicyclic) bond motifs is 1. The molecular weight excluding hydrogens is 969 g/mol. The van der Waals surface area contributed by atoms with Crippen molar-refractivity contribution in [1.29, 1.82) is 10.8 Å². The number of unbranched alkanes of at least 4 members (excludes halogenated alkanes) is 1. The summed E-state index contributed by atoms with van der Waals surface area (Å²) in [7, 11) is 0. The van der Waals surface area contributed by atoms with Crippen molar-refractivity contribution in [3.63, 3.8) is 0 Å². The molecule has 75 heavy (non-hydrogen) atoms. The molecule has 1 aromatic heterocycles. The number of benzene rings is 2. The van der Waals surface area contributed by atoms with Crippen LogP contribution in [0.25, 0.3) is 10.9 Å². The van der Waals surface area contributed by atoms with Gasteiger partial charge in [-0.15, -0.1) is 0 Å². The van der Waals surface area contributed by atoms with Crippen molar-refractivity contribution in [2.24, 2.45) is 17.2 Å². The summed E-state index contributed by atoms with van der Waals surface area (Å²) < 4.78 is 0. The second-order valence-electron chi connectivity index (χ2n) is 18.4. The van der Waals surface area contributed by atoms with Gasteiger partial charge in [0.2, 0.25) is 53.2 Å². The van der Waals surface area contributed by atoms with E-state index in [-0.39, 0.29) is 95.8 Å². The maximum atomic E-state index is 14.6. The molecule has 1 fully saturated rings. The van der Waals surface area contributed by atoms with E-state index in [0.29, 0.717) is 24.0 Å². The number of amides is 9. The number of nitrogens with one attached hydrogen (secondary N) is 13. The molecule has 19 N–H and O–H groups in total. The maximum Gasteiger partial charge on any atom is 0.243 e. The molecule has 0 radical (unpaired) electrons. The fourth-order valence-corrected chi connectivity index (χ4v) is 8.39. The summed E-state index contributed by atoms with van der Waals surface area (Å²) in [5, 5.41) is 42.6. The van der Waals surface area contributed by atoms with Crippen LogP contribution in [0.5, 0.6) is 0 Å². The Kier molecular flexibility index (Phi) is 24.3. The van der Waals surface area contributed by atoms with E-state index in [1.807, 2.05) is 31.2 Å². The number of guanidine groups is 2. The Labute approximate surface area is 435 Å². The summed E-state index contributed by atoms with van der Waals surface area (Å²) in [6.45, 7) is 3.42. The Balaban J connectivity index is 1.76. The van der Waals surface area contributed by atoms with Gasteiger partial charge in [-0.25, -0.2) is 0 Å². The lowest BCUT2D eigenvalue weighted by atomic mass is 10.0. The number of hydrogen-bond acceptors (Lipinski definition) is 11. The molecule has 9 amide bonds. The Morgan fingerprint density at radius 2 is 1.27 bits per heavy atom. The van der Waals surface area contributed by atoms with Gasteiger partial charge in [0.15, 0.2) is 11.9 Å². The molecule has 0 saturated carbocycles. The first-order chi connectivity index (χ1) is 35.8. The minimum absolute atomic E-state index is 0.0308. The van der Waals surface area contributed by atoms with Crippen molar-refractivity contribution in [3.05, 3.63) is 71.9 Å². The predicted octanol–water partition coefficient (Wildman–Crippen LogP) is -1.74. The monoisotopic (exact) mass is 1040 g/mol. The minimum Gasteiger partial charge on any atom is -0.370 e. The van der Waals surface area contributed by atoms with E-state index in [9.17, 15) is 43.2 Å². The zero-order chi connectivity index (χ0) is 54.9. The molecule has 25 heteroatoms. The Bertz CT molecular complexity index is 2470. The fraction of sp³-hybridized carbons (Fsp3) is 0.500. The lowest BCUT2D eigenvalue weighted by molar-refractivity contribution is -0.136. The molecule has 1 saturated heterocycles. The minimum atomic E-state index is -1.59. The molecule has 2 aromatic carbocycles. The van der Waals surface area contributed by atoms with E-state index < -0.39 is 102 Å². The number of rotatable bonds is 19. The van der Waals surface area contributed by atoms with Gasteiger partial charge in [0.05, 0.1) is 6.42 Å². The normalized spacial score (nSPS) is 21.1. The molecule has 7 atom stereocenters. The molecule has 1 unspecified atom stereocenters. The van der Waals surface area contributed by atoms with Crippen LogP contribution in [-0.2, 0) is 56.0 Å². The number of H-pyrrole nitrogens is 1. The SMILES string of the molecule is CCCC[C@@H]1NC(=O)[C@@H](NC(=O)[C@H](CCCNC(=N)N)NC(C)=O)CC(=O)NCCCCC(C(N)=O)NC(=O)[C@H](Cc2c[nH]c3ccccc23)NC(=O)[C@H](CCCNC(=N)N)NC(=O)[C@@H](Cc2ccccc2)NC1=O. The smallest absolute Gasteiger partial charge is 0.243 e. The van der Waals surface area contributed by atoms with E-state index in [4.69, 9.17) is 28.0 Å². The predicted molar refractivity (Wildman–Crippen MR) is 280 cm³/mol. The highest BCUT2D eigenvalue weighted by Crippen LogP contribution is 2.20. The van der Waals surface area contributed by atoms with Crippen molar-refractivity contribution in [1.82, 2.24) is 58.2 Å². The van der Waals surface area contributed by atoms with Gasteiger partial charge in [-0.05, 0) is 68.6 Å².